The molecular formula is C19H19F4N3O2. The van der Waals surface area contributed by atoms with E-state index in [1.807, 2.05) is 0 Å². The first kappa shape index (κ1) is 20.0. The number of hydrogen-bond acceptors (Lipinski definition) is 5. The zero-order chi connectivity index (χ0) is 20.4. The van der Waals surface area contributed by atoms with E-state index in [0.717, 1.165) is 25.0 Å². The first-order valence-corrected chi connectivity index (χ1v) is 8.91. The molecule has 0 saturated heterocycles. The van der Waals surface area contributed by atoms with Crippen LogP contribution in [0.25, 0.3) is 0 Å². The quantitative estimate of drug-likeness (QED) is 0.583. The number of halogens is 4. The standard InChI is InChI=1S/C19H19F4N3O2/c1-2-28-16(27)18(8-3-4-9-18)15-7-10-24-17(26-15)25-12-5-6-14(20)13(11-12)19(21,22)23/h5-7,10-11H,2-4,8-9H2,1H3,(H,24,25,26). The van der Waals surface area contributed by atoms with Gasteiger partial charge in [0.05, 0.1) is 17.9 Å². The fourth-order valence-electron chi connectivity index (χ4n) is 3.45. The minimum absolute atomic E-state index is 0.0116. The SMILES string of the molecule is CCOC(=O)C1(c2ccnc(Nc3ccc(F)c(C(F)(F)F)c3)n2)CCCC1. The smallest absolute Gasteiger partial charge is 0.419 e. The molecule has 0 unspecified atom stereocenters. The van der Waals surface area contributed by atoms with Crippen LogP contribution in [0, 0.1) is 5.82 Å². The Morgan fingerprint density at radius 2 is 1.96 bits per heavy atom. The van der Waals surface area contributed by atoms with Crippen molar-refractivity contribution >= 4 is 17.6 Å². The second-order valence-electron chi connectivity index (χ2n) is 6.59. The first-order chi connectivity index (χ1) is 13.3. The van der Waals surface area contributed by atoms with E-state index in [2.05, 4.69) is 15.3 Å². The summed E-state index contributed by atoms with van der Waals surface area (Å²) in [6.07, 6.45) is -0.536. The number of esters is 1. The van der Waals surface area contributed by atoms with Gasteiger partial charge >= 0.3 is 12.1 Å². The second kappa shape index (κ2) is 7.73. The summed E-state index contributed by atoms with van der Waals surface area (Å²) in [5.74, 6) is -1.70. The average Bonchev–Trinajstić information content (AvgIpc) is 3.14. The molecule has 1 aliphatic carbocycles. The molecule has 1 N–H and O–H groups in total. The highest BCUT2D eigenvalue weighted by atomic mass is 19.4. The Bertz CT molecular complexity index is 864. The molecule has 1 aromatic carbocycles. The first-order valence-electron chi connectivity index (χ1n) is 8.91. The molecule has 3 rings (SSSR count). The Labute approximate surface area is 159 Å². The van der Waals surface area contributed by atoms with E-state index in [-0.39, 0.29) is 24.2 Å². The molecule has 2 aromatic rings. The molecule has 0 bridgehead atoms. The lowest BCUT2D eigenvalue weighted by Gasteiger charge is -2.26. The summed E-state index contributed by atoms with van der Waals surface area (Å²) in [4.78, 5) is 20.9. The van der Waals surface area contributed by atoms with Crippen molar-refractivity contribution in [2.24, 2.45) is 0 Å². The van der Waals surface area contributed by atoms with Crippen molar-refractivity contribution in [3.63, 3.8) is 0 Å². The van der Waals surface area contributed by atoms with Gasteiger partial charge in [0.2, 0.25) is 5.95 Å². The van der Waals surface area contributed by atoms with Gasteiger partial charge in [-0.25, -0.2) is 14.4 Å². The lowest BCUT2D eigenvalue weighted by Crippen LogP contribution is -2.35. The van der Waals surface area contributed by atoms with Crippen LogP contribution in [0.3, 0.4) is 0 Å². The van der Waals surface area contributed by atoms with Gasteiger partial charge in [0.25, 0.3) is 0 Å². The molecule has 1 saturated carbocycles. The van der Waals surface area contributed by atoms with Crippen LogP contribution in [0.15, 0.2) is 30.5 Å². The van der Waals surface area contributed by atoms with E-state index in [0.29, 0.717) is 24.6 Å². The lowest BCUT2D eigenvalue weighted by molar-refractivity contribution is -0.150. The topological polar surface area (TPSA) is 64.1 Å². The molecule has 1 aliphatic rings. The van der Waals surface area contributed by atoms with E-state index in [4.69, 9.17) is 4.74 Å². The monoisotopic (exact) mass is 397 g/mol. The number of nitrogens with zero attached hydrogens (tertiary/aromatic N) is 2. The third-order valence-electron chi connectivity index (χ3n) is 4.80. The molecule has 5 nitrogen and oxygen atoms in total. The number of ether oxygens (including phenoxy) is 1. The third kappa shape index (κ3) is 3.93. The van der Waals surface area contributed by atoms with Gasteiger partial charge in [-0.1, -0.05) is 12.8 Å². The van der Waals surface area contributed by atoms with Gasteiger partial charge in [0.1, 0.15) is 11.2 Å². The van der Waals surface area contributed by atoms with Crippen molar-refractivity contribution in [3.05, 3.63) is 47.5 Å². The molecule has 28 heavy (non-hydrogen) atoms. The Hall–Kier alpha value is -2.71. The van der Waals surface area contributed by atoms with Crippen LogP contribution in [-0.2, 0) is 21.1 Å². The van der Waals surface area contributed by atoms with E-state index in [9.17, 15) is 22.4 Å². The van der Waals surface area contributed by atoms with Crippen LogP contribution < -0.4 is 5.32 Å². The second-order valence-corrected chi connectivity index (χ2v) is 6.59. The molecule has 0 spiro atoms. The molecule has 1 aromatic heterocycles. The predicted octanol–water partition coefficient (Wildman–Crippen LogP) is 4.75. The van der Waals surface area contributed by atoms with Gasteiger partial charge in [0.15, 0.2) is 0 Å². The van der Waals surface area contributed by atoms with Crippen molar-refractivity contribution in [1.29, 1.82) is 0 Å². The maximum absolute atomic E-state index is 13.5. The number of carbonyl (C=O) groups is 1. The Morgan fingerprint density at radius 3 is 2.61 bits per heavy atom. The van der Waals surface area contributed by atoms with Crippen molar-refractivity contribution in [1.82, 2.24) is 9.97 Å². The summed E-state index contributed by atoms with van der Waals surface area (Å²) >= 11 is 0. The number of benzene rings is 1. The number of rotatable bonds is 5. The summed E-state index contributed by atoms with van der Waals surface area (Å²) in [7, 11) is 0. The van der Waals surface area contributed by atoms with Crippen molar-refractivity contribution in [3.8, 4) is 0 Å². The fraction of sp³-hybridized carbons (Fsp3) is 0.421. The largest absolute Gasteiger partial charge is 0.465 e. The minimum Gasteiger partial charge on any atom is -0.465 e. The molecule has 1 heterocycles. The normalized spacial score (nSPS) is 16.0. The summed E-state index contributed by atoms with van der Waals surface area (Å²) in [6, 6.07) is 4.16. The molecular weight excluding hydrogens is 378 g/mol. The molecule has 150 valence electrons. The number of carbonyl (C=O) groups excluding carboxylic acids is 1. The summed E-state index contributed by atoms with van der Waals surface area (Å²) in [5, 5.41) is 2.65. The van der Waals surface area contributed by atoms with Gasteiger partial charge in [0, 0.05) is 11.9 Å². The van der Waals surface area contributed by atoms with Crippen LogP contribution >= 0.6 is 0 Å². The van der Waals surface area contributed by atoms with Gasteiger partial charge in [-0.05, 0) is 44.0 Å². The van der Waals surface area contributed by atoms with Crippen molar-refractivity contribution < 1.29 is 27.1 Å². The zero-order valence-electron chi connectivity index (χ0n) is 15.1. The zero-order valence-corrected chi connectivity index (χ0v) is 15.1. The van der Waals surface area contributed by atoms with E-state index in [1.165, 1.54) is 6.20 Å². The number of alkyl halides is 3. The van der Waals surface area contributed by atoms with Gasteiger partial charge < -0.3 is 10.1 Å². The highest BCUT2D eigenvalue weighted by Crippen LogP contribution is 2.41. The molecule has 0 atom stereocenters. The number of anilines is 2. The van der Waals surface area contributed by atoms with Gasteiger partial charge in [-0.2, -0.15) is 13.2 Å². The molecule has 9 heteroatoms. The molecule has 0 aliphatic heterocycles. The summed E-state index contributed by atoms with van der Waals surface area (Å²) < 4.78 is 57.4. The number of aromatic nitrogens is 2. The Morgan fingerprint density at radius 1 is 1.25 bits per heavy atom. The van der Waals surface area contributed by atoms with Crippen molar-refractivity contribution in [2.75, 3.05) is 11.9 Å². The van der Waals surface area contributed by atoms with E-state index >= 15 is 0 Å². The molecule has 0 amide bonds. The highest BCUT2D eigenvalue weighted by molar-refractivity contribution is 5.83. The van der Waals surface area contributed by atoms with Crippen LogP contribution in [0.4, 0.5) is 29.2 Å². The fourth-order valence-corrected chi connectivity index (χ4v) is 3.45. The minimum atomic E-state index is -4.82. The average molecular weight is 397 g/mol. The van der Waals surface area contributed by atoms with E-state index < -0.39 is 23.0 Å². The lowest BCUT2D eigenvalue weighted by atomic mass is 9.82. The molecule has 0 radical (unpaired) electrons. The Kier molecular flexibility index (Phi) is 5.53. The van der Waals surface area contributed by atoms with Crippen LogP contribution in [0.2, 0.25) is 0 Å². The van der Waals surface area contributed by atoms with Crippen LogP contribution in [0.1, 0.15) is 43.9 Å². The maximum atomic E-state index is 13.5. The van der Waals surface area contributed by atoms with Crippen LogP contribution in [0.5, 0.6) is 0 Å². The third-order valence-corrected chi connectivity index (χ3v) is 4.80. The highest BCUT2D eigenvalue weighted by Gasteiger charge is 2.45. The number of nitrogens with one attached hydrogen (secondary N) is 1. The van der Waals surface area contributed by atoms with Crippen molar-refractivity contribution in [2.45, 2.75) is 44.2 Å². The van der Waals surface area contributed by atoms with E-state index in [1.54, 1.807) is 13.0 Å². The number of hydrogen-bond donors (Lipinski definition) is 1. The van der Waals surface area contributed by atoms with Crippen LogP contribution in [-0.4, -0.2) is 22.5 Å². The summed E-state index contributed by atoms with van der Waals surface area (Å²) in [5.41, 5.74) is -1.82. The Balaban J connectivity index is 1.91. The van der Waals surface area contributed by atoms with Gasteiger partial charge in [-0.3, -0.25) is 4.79 Å². The molecule has 1 fully saturated rings. The predicted molar refractivity (Wildman–Crippen MR) is 93.5 cm³/mol. The van der Waals surface area contributed by atoms with Gasteiger partial charge in [-0.15, -0.1) is 0 Å². The summed E-state index contributed by atoms with van der Waals surface area (Å²) in [6.45, 7) is 1.97. The maximum Gasteiger partial charge on any atom is 0.419 e.